The number of halogens is 2. The van der Waals surface area contributed by atoms with E-state index in [1.165, 1.54) is 5.56 Å². The highest BCUT2D eigenvalue weighted by Gasteiger charge is 2.21. The number of nitrogens with zero attached hydrogens (tertiary/aromatic N) is 1. The second-order valence-corrected chi connectivity index (χ2v) is 5.42. The summed E-state index contributed by atoms with van der Waals surface area (Å²) in [5.41, 5.74) is 2.43. The summed E-state index contributed by atoms with van der Waals surface area (Å²) in [5.74, 6) is 0.121. The standard InChI is InChI=1S/C15H23N3O.2ClH/c1-18(2)11-13-6-3-5-12(9-13)10-17-15(19)14-7-4-8-16-14;;/h3,5-6,9,14,16H,4,7-8,10-11H2,1-2H3,(H,17,19);2*1H/t14-;;/m0../s1. The zero-order valence-electron chi connectivity index (χ0n) is 12.6. The first-order valence-corrected chi connectivity index (χ1v) is 6.89. The van der Waals surface area contributed by atoms with Gasteiger partial charge in [-0.25, -0.2) is 0 Å². The molecular weight excluding hydrogens is 309 g/mol. The Morgan fingerprint density at radius 2 is 2.05 bits per heavy atom. The molecule has 1 aromatic carbocycles. The first kappa shape index (κ1) is 20.2. The van der Waals surface area contributed by atoms with Crippen molar-refractivity contribution >= 4 is 30.7 Å². The Hall–Kier alpha value is -0.810. The number of hydrogen-bond acceptors (Lipinski definition) is 3. The molecule has 2 rings (SSSR count). The zero-order chi connectivity index (χ0) is 13.7. The summed E-state index contributed by atoms with van der Waals surface area (Å²) in [5, 5.41) is 6.22. The summed E-state index contributed by atoms with van der Waals surface area (Å²) in [6.45, 7) is 2.49. The Balaban J connectivity index is 0.00000200. The molecule has 1 fully saturated rings. The number of nitrogens with one attached hydrogen (secondary N) is 2. The van der Waals surface area contributed by atoms with Crippen molar-refractivity contribution in [2.45, 2.75) is 32.0 Å². The summed E-state index contributed by atoms with van der Waals surface area (Å²) in [7, 11) is 4.11. The van der Waals surface area contributed by atoms with E-state index in [9.17, 15) is 4.79 Å². The van der Waals surface area contributed by atoms with Gasteiger partial charge < -0.3 is 15.5 Å². The first-order valence-electron chi connectivity index (χ1n) is 6.89. The Morgan fingerprint density at radius 1 is 1.33 bits per heavy atom. The number of benzene rings is 1. The molecule has 1 amide bonds. The van der Waals surface area contributed by atoms with Crippen LogP contribution in [0.15, 0.2) is 24.3 Å². The van der Waals surface area contributed by atoms with Gasteiger partial charge in [-0.2, -0.15) is 0 Å². The van der Waals surface area contributed by atoms with Crippen LogP contribution in [0.2, 0.25) is 0 Å². The van der Waals surface area contributed by atoms with Crippen molar-refractivity contribution in [1.82, 2.24) is 15.5 Å². The van der Waals surface area contributed by atoms with Crippen LogP contribution in [0.3, 0.4) is 0 Å². The third-order valence-corrected chi connectivity index (χ3v) is 3.33. The van der Waals surface area contributed by atoms with Crippen LogP contribution in [0.1, 0.15) is 24.0 Å². The molecule has 0 aliphatic carbocycles. The second kappa shape index (κ2) is 10.0. The van der Waals surface area contributed by atoms with Gasteiger partial charge >= 0.3 is 0 Å². The van der Waals surface area contributed by atoms with Gasteiger partial charge in [0, 0.05) is 13.1 Å². The van der Waals surface area contributed by atoms with Gasteiger partial charge in [0.25, 0.3) is 0 Å². The minimum atomic E-state index is 0. The summed E-state index contributed by atoms with van der Waals surface area (Å²) in [4.78, 5) is 14.0. The SMILES string of the molecule is CN(C)Cc1cccc(CNC(=O)[C@@H]2CCCN2)c1.Cl.Cl. The number of hydrogen-bond donors (Lipinski definition) is 2. The fraction of sp³-hybridized carbons (Fsp3) is 0.533. The molecule has 1 atom stereocenters. The van der Waals surface area contributed by atoms with E-state index >= 15 is 0 Å². The molecule has 1 aliphatic heterocycles. The van der Waals surface area contributed by atoms with E-state index < -0.39 is 0 Å². The van der Waals surface area contributed by atoms with Gasteiger partial charge in [-0.1, -0.05) is 24.3 Å². The molecule has 0 bridgehead atoms. The predicted octanol–water partition coefficient (Wildman–Crippen LogP) is 1.96. The smallest absolute Gasteiger partial charge is 0.237 e. The summed E-state index contributed by atoms with van der Waals surface area (Å²) in [6.07, 6.45) is 2.04. The molecule has 120 valence electrons. The van der Waals surface area contributed by atoms with Crippen molar-refractivity contribution in [2.75, 3.05) is 20.6 Å². The Bertz CT molecular complexity index is 435. The van der Waals surface area contributed by atoms with Crippen molar-refractivity contribution < 1.29 is 4.79 Å². The summed E-state index contributed by atoms with van der Waals surface area (Å²) >= 11 is 0. The highest BCUT2D eigenvalue weighted by Crippen LogP contribution is 2.08. The molecule has 0 aromatic heterocycles. The van der Waals surface area contributed by atoms with Gasteiger partial charge in [0.05, 0.1) is 6.04 Å². The second-order valence-electron chi connectivity index (χ2n) is 5.42. The molecule has 1 saturated heterocycles. The van der Waals surface area contributed by atoms with E-state index in [0.717, 1.165) is 31.5 Å². The first-order chi connectivity index (χ1) is 9.15. The van der Waals surface area contributed by atoms with Gasteiger partial charge in [0.15, 0.2) is 0 Å². The molecule has 21 heavy (non-hydrogen) atoms. The van der Waals surface area contributed by atoms with Gasteiger partial charge in [-0.15, -0.1) is 24.8 Å². The Morgan fingerprint density at radius 3 is 2.67 bits per heavy atom. The lowest BCUT2D eigenvalue weighted by atomic mass is 10.1. The molecule has 0 unspecified atom stereocenters. The van der Waals surface area contributed by atoms with Crippen LogP contribution in [0, 0.1) is 0 Å². The van der Waals surface area contributed by atoms with Crippen LogP contribution in [0.5, 0.6) is 0 Å². The number of carbonyl (C=O) groups excluding carboxylic acids is 1. The van der Waals surface area contributed by atoms with Crippen molar-refractivity contribution in [2.24, 2.45) is 0 Å². The van der Waals surface area contributed by atoms with E-state index in [0.29, 0.717) is 6.54 Å². The third kappa shape index (κ3) is 6.66. The van der Waals surface area contributed by atoms with Gasteiger partial charge in [0.2, 0.25) is 5.91 Å². The molecule has 1 aliphatic rings. The van der Waals surface area contributed by atoms with Crippen molar-refractivity contribution in [3.05, 3.63) is 35.4 Å². The van der Waals surface area contributed by atoms with E-state index in [1.54, 1.807) is 0 Å². The molecular formula is C15H25Cl2N3O. The number of rotatable bonds is 5. The molecule has 1 aromatic rings. The molecule has 6 heteroatoms. The molecule has 0 spiro atoms. The predicted molar refractivity (Wildman–Crippen MR) is 91.2 cm³/mol. The zero-order valence-corrected chi connectivity index (χ0v) is 14.2. The lowest BCUT2D eigenvalue weighted by Gasteiger charge is -2.13. The van der Waals surface area contributed by atoms with Crippen molar-refractivity contribution in [3.63, 3.8) is 0 Å². The Labute approximate surface area is 139 Å². The topological polar surface area (TPSA) is 44.4 Å². The summed E-state index contributed by atoms with van der Waals surface area (Å²) in [6, 6.07) is 8.38. The maximum Gasteiger partial charge on any atom is 0.237 e. The van der Waals surface area contributed by atoms with Crippen LogP contribution in [-0.2, 0) is 17.9 Å². The monoisotopic (exact) mass is 333 g/mol. The fourth-order valence-corrected chi connectivity index (χ4v) is 2.42. The van der Waals surface area contributed by atoms with Crippen molar-refractivity contribution in [3.8, 4) is 0 Å². The van der Waals surface area contributed by atoms with Crippen LogP contribution >= 0.6 is 24.8 Å². The quantitative estimate of drug-likeness (QED) is 0.865. The number of carbonyl (C=O) groups is 1. The lowest BCUT2D eigenvalue weighted by Crippen LogP contribution is -2.40. The molecule has 4 nitrogen and oxygen atoms in total. The minimum absolute atomic E-state index is 0. The van der Waals surface area contributed by atoms with Gasteiger partial charge in [0.1, 0.15) is 0 Å². The van der Waals surface area contributed by atoms with E-state index in [4.69, 9.17) is 0 Å². The van der Waals surface area contributed by atoms with Crippen LogP contribution < -0.4 is 10.6 Å². The largest absolute Gasteiger partial charge is 0.351 e. The average Bonchev–Trinajstić information content (AvgIpc) is 2.89. The van der Waals surface area contributed by atoms with Crippen LogP contribution in [-0.4, -0.2) is 37.5 Å². The maximum absolute atomic E-state index is 11.9. The third-order valence-electron chi connectivity index (χ3n) is 3.33. The molecule has 2 N–H and O–H groups in total. The lowest BCUT2D eigenvalue weighted by molar-refractivity contribution is -0.122. The van der Waals surface area contributed by atoms with E-state index in [2.05, 4.69) is 47.8 Å². The summed E-state index contributed by atoms with van der Waals surface area (Å²) < 4.78 is 0. The maximum atomic E-state index is 11.9. The van der Waals surface area contributed by atoms with Crippen LogP contribution in [0.4, 0.5) is 0 Å². The van der Waals surface area contributed by atoms with E-state index in [-0.39, 0.29) is 36.8 Å². The molecule has 1 heterocycles. The Kier molecular flexibility index (Phi) is 9.62. The number of amides is 1. The molecule has 0 saturated carbocycles. The normalized spacial score (nSPS) is 17.0. The van der Waals surface area contributed by atoms with Crippen molar-refractivity contribution in [1.29, 1.82) is 0 Å². The van der Waals surface area contributed by atoms with Gasteiger partial charge in [-0.3, -0.25) is 4.79 Å². The van der Waals surface area contributed by atoms with E-state index in [1.807, 2.05) is 6.07 Å². The average molecular weight is 334 g/mol. The van der Waals surface area contributed by atoms with Gasteiger partial charge in [-0.05, 0) is 44.6 Å². The molecule has 0 radical (unpaired) electrons. The highest BCUT2D eigenvalue weighted by molar-refractivity contribution is 5.85. The highest BCUT2D eigenvalue weighted by atomic mass is 35.5. The minimum Gasteiger partial charge on any atom is -0.351 e. The van der Waals surface area contributed by atoms with Crippen LogP contribution in [0.25, 0.3) is 0 Å². The fourth-order valence-electron chi connectivity index (χ4n) is 2.42.